The monoisotopic (exact) mass is 470 g/mol. The highest BCUT2D eigenvalue weighted by molar-refractivity contribution is 7.91. The molecule has 2 aromatic carbocycles. The molecule has 1 N–H and O–H groups in total. The van der Waals surface area contributed by atoms with Crippen molar-refractivity contribution in [1.29, 1.82) is 0 Å². The van der Waals surface area contributed by atoms with Gasteiger partial charge in [-0.1, -0.05) is 50.2 Å². The third kappa shape index (κ3) is 4.71. The van der Waals surface area contributed by atoms with Crippen molar-refractivity contribution in [3.05, 3.63) is 65.3 Å². The highest BCUT2D eigenvalue weighted by Gasteiger charge is 2.34. The summed E-state index contributed by atoms with van der Waals surface area (Å²) in [4.78, 5) is 16.3. The summed E-state index contributed by atoms with van der Waals surface area (Å²) in [6.45, 7) is 3.57. The van der Waals surface area contributed by atoms with Gasteiger partial charge in [0.2, 0.25) is 17.7 Å². The van der Waals surface area contributed by atoms with Gasteiger partial charge < -0.3 is 9.73 Å². The van der Waals surface area contributed by atoms with E-state index in [2.05, 4.69) is 20.5 Å². The van der Waals surface area contributed by atoms with Gasteiger partial charge in [0.25, 0.3) is 0 Å². The predicted octanol–water partition coefficient (Wildman–Crippen LogP) is 3.75. The highest BCUT2D eigenvalue weighted by Crippen LogP contribution is 2.36. The van der Waals surface area contributed by atoms with Crippen LogP contribution in [0.25, 0.3) is 21.3 Å². The summed E-state index contributed by atoms with van der Waals surface area (Å²) >= 11 is 1.28. The number of nitrogens with zero attached hydrogens (tertiary/aromatic N) is 3. The molecule has 1 unspecified atom stereocenters. The molecule has 1 amide bonds. The Bertz CT molecular complexity index is 1360. The Morgan fingerprint density at radius 1 is 1.09 bits per heavy atom. The SMILES string of the molecule is CC(C)C(=O)NCc1nnc(C(c2nc3ccc(-c4ccccc4)cc3s2)S(C)(=O)=O)o1. The Labute approximate surface area is 189 Å². The maximum absolute atomic E-state index is 12.6. The molecular weight excluding hydrogens is 448 g/mol. The first-order chi connectivity index (χ1) is 15.2. The third-order valence-corrected chi connectivity index (χ3v) is 7.32. The van der Waals surface area contributed by atoms with E-state index in [1.54, 1.807) is 13.8 Å². The van der Waals surface area contributed by atoms with Crippen molar-refractivity contribution in [1.82, 2.24) is 20.5 Å². The molecule has 4 rings (SSSR count). The van der Waals surface area contributed by atoms with Crippen molar-refractivity contribution in [2.24, 2.45) is 5.92 Å². The molecule has 0 aliphatic rings. The number of thiazole rings is 1. The minimum absolute atomic E-state index is 0.0285. The third-order valence-electron chi connectivity index (χ3n) is 4.81. The van der Waals surface area contributed by atoms with Crippen molar-refractivity contribution < 1.29 is 17.6 Å². The second-order valence-corrected chi connectivity index (χ2v) is 10.9. The van der Waals surface area contributed by atoms with Crippen LogP contribution in [-0.4, -0.2) is 35.8 Å². The van der Waals surface area contributed by atoms with Crippen LogP contribution in [0, 0.1) is 5.92 Å². The quantitative estimate of drug-likeness (QED) is 0.437. The first-order valence-corrected chi connectivity index (χ1v) is 12.7. The normalized spacial score (nSPS) is 12.9. The maximum Gasteiger partial charge on any atom is 0.241 e. The summed E-state index contributed by atoms with van der Waals surface area (Å²) in [7, 11) is -3.65. The van der Waals surface area contributed by atoms with Crippen molar-refractivity contribution in [3.8, 4) is 11.1 Å². The number of sulfone groups is 1. The number of nitrogens with one attached hydrogen (secondary N) is 1. The summed E-state index contributed by atoms with van der Waals surface area (Å²) in [6.07, 6.45) is 1.11. The Hall–Kier alpha value is -3.11. The van der Waals surface area contributed by atoms with Crippen LogP contribution < -0.4 is 5.32 Å². The number of benzene rings is 2. The standard InChI is InChI=1S/C22H22N4O4S2/c1-13(2)20(27)23-12-18-25-26-21(30-18)19(32(3,28)29)22-24-16-10-9-15(11-17(16)31-22)14-7-5-4-6-8-14/h4-11,13,19H,12H2,1-3H3,(H,23,27). The Kier molecular flexibility index (Phi) is 6.07. The van der Waals surface area contributed by atoms with Gasteiger partial charge in [0, 0.05) is 12.2 Å². The molecule has 0 bridgehead atoms. The van der Waals surface area contributed by atoms with Gasteiger partial charge >= 0.3 is 0 Å². The maximum atomic E-state index is 12.6. The highest BCUT2D eigenvalue weighted by atomic mass is 32.2. The van der Waals surface area contributed by atoms with Crippen LogP contribution in [0.3, 0.4) is 0 Å². The molecule has 0 fully saturated rings. The van der Waals surface area contributed by atoms with Crippen LogP contribution in [0.1, 0.15) is 35.9 Å². The molecular formula is C22H22N4O4S2. The van der Waals surface area contributed by atoms with E-state index in [0.717, 1.165) is 22.1 Å². The van der Waals surface area contributed by atoms with Gasteiger partial charge in [-0.2, -0.15) is 0 Å². The molecule has 2 aromatic heterocycles. The molecule has 8 nitrogen and oxygen atoms in total. The Morgan fingerprint density at radius 3 is 2.53 bits per heavy atom. The first kappa shape index (κ1) is 22.1. The van der Waals surface area contributed by atoms with Crippen LogP contribution >= 0.6 is 11.3 Å². The summed E-state index contributed by atoms with van der Waals surface area (Å²) < 4.78 is 31.7. The van der Waals surface area contributed by atoms with Crippen molar-refractivity contribution in [2.75, 3.05) is 6.26 Å². The predicted molar refractivity (Wildman–Crippen MR) is 123 cm³/mol. The van der Waals surface area contributed by atoms with E-state index >= 15 is 0 Å². The molecule has 2 heterocycles. The second-order valence-electron chi connectivity index (χ2n) is 7.72. The lowest BCUT2D eigenvalue weighted by Gasteiger charge is -2.07. The van der Waals surface area contributed by atoms with Gasteiger partial charge in [0.1, 0.15) is 5.01 Å². The van der Waals surface area contributed by atoms with Crippen molar-refractivity contribution >= 4 is 37.3 Å². The molecule has 4 aromatic rings. The summed E-state index contributed by atoms with van der Waals surface area (Å²) in [5.41, 5.74) is 2.78. The fourth-order valence-electron chi connectivity index (χ4n) is 3.15. The van der Waals surface area contributed by atoms with E-state index in [0.29, 0.717) is 10.5 Å². The van der Waals surface area contributed by atoms with Crippen molar-refractivity contribution in [3.63, 3.8) is 0 Å². The van der Waals surface area contributed by atoms with E-state index in [1.165, 1.54) is 11.3 Å². The van der Waals surface area contributed by atoms with Crippen LogP contribution in [0.5, 0.6) is 0 Å². The molecule has 0 aliphatic heterocycles. The zero-order chi connectivity index (χ0) is 22.9. The van der Waals surface area contributed by atoms with Gasteiger partial charge in [-0.25, -0.2) is 13.4 Å². The summed E-state index contributed by atoms with van der Waals surface area (Å²) in [5, 5.41) is 9.69. The molecule has 0 saturated heterocycles. The van der Waals surface area contributed by atoms with Crippen LogP contribution in [-0.2, 0) is 21.2 Å². The Balaban J connectivity index is 1.66. The lowest BCUT2D eigenvalue weighted by atomic mass is 10.1. The molecule has 32 heavy (non-hydrogen) atoms. The lowest BCUT2D eigenvalue weighted by Crippen LogP contribution is -2.27. The number of hydrogen-bond acceptors (Lipinski definition) is 8. The van der Waals surface area contributed by atoms with Crippen LogP contribution in [0.4, 0.5) is 0 Å². The minimum atomic E-state index is -3.65. The van der Waals surface area contributed by atoms with Gasteiger partial charge in [-0.3, -0.25) is 4.79 Å². The van der Waals surface area contributed by atoms with Gasteiger partial charge in [-0.15, -0.1) is 21.5 Å². The first-order valence-electron chi connectivity index (χ1n) is 9.97. The number of hydrogen-bond donors (Lipinski definition) is 1. The molecule has 0 spiro atoms. The number of carbonyl (C=O) groups excluding carboxylic acids is 1. The van der Waals surface area contributed by atoms with E-state index in [-0.39, 0.29) is 30.2 Å². The van der Waals surface area contributed by atoms with Crippen LogP contribution in [0.15, 0.2) is 52.9 Å². The topological polar surface area (TPSA) is 115 Å². The number of carbonyl (C=O) groups is 1. The van der Waals surface area contributed by atoms with Crippen LogP contribution in [0.2, 0.25) is 0 Å². The number of rotatable bonds is 7. The lowest BCUT2D eigenvalue weighted by molar-refractivity contribution is -0.124. The number of amides is 1. The zero-order valence-corrected chi connectivity index (χ0v) is 19.4. The minimum Gasteiger partial charge on any atom is -0.421 e. The fraction of sp³-hybridized carbons (Fsp3) is 0.273. The average molecular weight is 471 g/mol. The number of aromatic nitrogens is 3. The van der Waals surface area contributed by atoms with E-state index < -0.39 is 15.1 Å². The summed E-state index contributed by atoms with van der Waals surface area (Å²) in [6, 6.07) is 15.7. The van der Waals surface area contributed by atoms with Gasteiger partial charge in [0.05, 0.1) is 16.8 Å². The average Bonchev–Trinajstić information content (AvgIpc) is 3.38. The van der Waals surface area contributed by atoms with E-state index in [1.807, 2.05) is 48.5 Å². The second kappa shape index (κ2) is 8.79. The molecule has 166 valence electrons. The zero-order valence-electron chi connectivity index (χ0n) is 17.8. The van der Waals surface area contributed by atoms with E-state index in [4.69, 9.17) is 4.42 Å². The molecule has 10 heteroatoms. The molecule has 1 atom stereocenters. The molecule has 0 radical (unpaired) electrons. The summed E-state index contributed by atoms with van der Waals surface area (Å²) in [5.74, 6) is -0.284. The largest absolute Gasteiger partial charge is 0.421 e. The Morgan fingerprint density at radius 2 is 1.84 bits per heavy atom. The van der Waals surface area contributed by atoms with Crippen molar-refractivity contribution in [2.45, 2.75) is 25.6 Å². The molecule has 0 saturated carbocycles. The van der Waals surface area contributed by atoms with E-state index in [9.17, 15) is 13.2 Å². The molecule has 0 aliphatic carbocycles. The van der Waals surface area contributed by atoms with Gasteiger partial charge in [-0.05, 0) is 23.3 Å². The smallest absolute Gasteiger partial charge is 0.241 e. The van der Waals surface area contributed by atoms with Gasteiger partial charge in [0.15, 0.2) is 15.1 Å². The number of fused-ring (bicyclic) bond motifs is 1. The fourth-order valence-corrected chi connectivity index (χ4v) is 5.68.